The van der Waals surface area contributed by atoms with Crippen LogP contribution in [0.25, 0.3) is 0 Å². The summed E-state index contributed by atoms with van der Waals surface area (Å²) in [5, 5.41) is 11.7. The lowest BCUT2D eigenvalue weighted by Gasteiger charge is -2.40. The molecule has 1 N–H and O–H groups in total. The van der Waals surface area contributed by atoms with Gasteiger partial charge >= 0.3 is 0 Å². The predicted molar refractivity (Wildman–Crippen MR) is 66.4 cm³/mol. The van der Waals surface area contributed by atoms with E-state index in [4.69, 9.17) is 5.26 Å². The molecule has 5 nitrogen and oxygen atoms in total. The molecule has 5 heteroatoms. The van der Waals surface area contributed by atoms with Crippen molar-refractivity contribution < 1.29 is 4.79 Å². The predicted octanol–water partition coefficient (Wildman–Crippen LogP) is 0.0423. The Morgan fingerprint density at radius 1 is 1.35 bits per heavy atom. The maximum atomic E-state index is 11.1. The van der Waals surface area contributed by atoms with Gasteiger partial charge in [0.1, 0.15) is 5.54 Å². The van der Waals surface area contributed by atoms with Crippen LogP contribution in [0.3, 0.4) is 0 Å². The fraction of sp³-hybridized carbons (Fsp3) is 0.833. The van der Waals surface area contributed by atoms with Crippen LogP contribution in [0.2, 0.25) is 0 Å². The van der Waals surface area contributed by atoms with Gasteiger partial charge in [-0.15, -0.1) is 0 Å². The summed E-state index contributed by atoms with van der Waals surface area (Å²) < 4.78 is 0. The van der Waals surface area contributed by atoms with E-state index in [1.54, 1.807) is 7.05 Å². The van der Waals surface area contributed by atoms with Crippen LogP contribution < -0.4 is 5.32 Å². The number of nitrogens with one attached hydrogen (secondary N) is 1. The van der Waals surface area contributed by atoms with Gasteiger partial charge in [0.25, 0.3) is 0 Å². The Balaban J connectivity index is 2.32. The third-order valence-electron chi connectivity index (χ3n) is 3.37. The van der Waals surface area contributed by atoms with Crippen molar-refractivity contribution in [1.82, 2.24) is 15.1 Å². The Morgan fingerprint density at radius 3 is 2.41 bits per heavy atom. The normalized spacial score (nSPS) is 18.7. The highest BCUT2D eigenvalue weighted by Crippen LogP contribution is 2.15. The molecule has 96 valence electrons. The lowest BCUT2D eigenvalue weighted by atomic mass is 10.0. The minimum Gasteiger partial charge on any atom is -0.359 e. The molecule has 0 aromatic heterocycles. The molecule has 1 aliphatic heterocycles. The summed E-state index contributed by atoms with van der Waals surface area (Å²) in [4.78, 5) is 15.6. The molecule has 0 atom stereocenters. The molecule has 0 aromatic rings. The molecular formula is C12H22N4O. The van der Waals surface area contributed by atoms with Crippen LogP contribution in [0.1, 0.15) is 20.3 Å². The molecule has 0 radical (unpaired) electrons. The van der Waals surface area contributed by atoms with Gasteiger partial charge in [-0.05, 0) is 13.8 Å². The number of amides is 1. The van der Waals surface area contributed by atoms with Gasteiger partial charge in [0.15, 0.2) is 0 Å². The Hall–Kier alpha value is -1.12. The molecule has 17 heavy (non-hydrogen) atoms. The van der Waals surface area contributed by atoms with E-state index in [2.05, 4.69) is 21.2 Å². The van der Waals surface area contributed by atoms with Crippen LogP contribution in [0.4, 0.5) is 0 Å². The third-order valence-corrected chi connectivity index (χ3v) is 3.37. The molecule has 0 spiro atoms. The van der Waals surface area contributed by atoms with E-state index < -0.39 is 0 Å². The van der Waals surface area contributed by atoms with Crippen LogP contribution in [0, 0.1) is 11.3 Å². The number of nitrogens with zero attached hydrogens (tertiary/aromatic N) is 3. The van der Waals surface area contributed by atoms with E-state index in [1.165, 1.54) is 0 Å². The van der Waals surface area contributed by atoms with Crippen molar-refractivity contribution >= 4 is 5.91 Å². The molecule has 1 saturated heterocycles. The average Bonchev–Trinajstić information content (AvgIpc) is 2.36. The molecule has 1 fully saturated rings. The van der Waals surface area contributed by atoms with Gasteiger partial charge in [-0.1, -0.05) is 0 Å². The molecule has 1 rings (SSSR count). The highest BCUT2D eigenvalue weighted by Gasteiger charge is 2.29. The maximum absolute atomic E-state index is 11.1. The summed E-state index contributed by atoms with van der Waals surface area (Å²) in [7, 11) is 1.66. The van der Waals surface area contributed by atoms with E-state index in [-0.39, 0.29) is 11.4 Å². The molecule has 1 heterocycles. The zero-order valence-corrected chi connectivity index (χ0v) is 11.0. The first-order chi connectivity index (χ1) is 7.99. The lowest BCUT2D eigenvalue weighted by Crippen LogP contribution is -2.54. The standard InChI is InChI=1S/C12H22N4O/c1-12(2,10-13)16-8-6-15(7-9-16)5-4-11(17)14-3/h4-9H2,1-3H3,(H,14,17). The van der Waals surface area contributed by atoms with Crippen molar-refractivity contribution in [2.45, 2.75) is 25.8 Å². The van der Waals surface area contributed by atoms with Crippen LogP contribution in [-0.4, -0.2) is 61.0 Å². The van der Waals surface area contributed by atoms with Crippen molar-refractivity contribution in [3.8, 4) is 6.07 Å². The number of carbonyl (C=O) groups excluding carboxylic acids is 1. The van der Waals surface area contributed by atoms with Gasteiger partial charge in [-0.3, -0.25) is 9.69 Å². The lowest BCUT2D eigenvalue weighted by molar-refractivity contribution is -0.121. The Bertz CT molecular complexity index is 300. The van der Waals surface area contributed by atoms with E-state index in [0.29, 0.717) is 6.42 Å². The second-order valence-electron chi connectivity index (χ2n) is 4.92. The Kier molecular flexibility index (Phi) is 4.91. The molecule has 0 unspecified atom stereocenters. The number of carbonyl (C=O) groups is 1. The van der Waals surface area contributed by atoms with Crippen LogP contribution in [0.15, 0.2) is 0 Å². The van der Waals surface area contributed by atoms with E-state index in [9.17, 15) is 4.79 Å². The second-order valence-corrected chi connectivity index (χ2v) is 4.92. The zero-order chi connectivity index (χ0) is 12.9. The van der Waals surface area contributed by atoms with Gasteiger partial charge in [0.2, 0.25) is 5.91 Å². The highest BCUT2D eigenvalue weighted by molar-refractivity contribution is 5.75. The fourth-order valence-electron chi connectivity index (χ4n) is 1.99. The van der Waals surface area contributed by atoms with E-state index in [1.807, 2.05) is 13.8 Å². The molecular weight excluding hydrogens is 216 g/mol. The van der Waals surface area contributed by atoms with Gasteiger partial charge < -0.3 is 10.2 Å². The summed E-state index contributed by atoms with van der Waals surface area (Å²) in [6, 6.07) is 2.33. The third kappa shape index (κ3) is 3.99. The van der Waals surface area contributed by atoms with E-state index >= 15 is 0 Å². The zero-order valence-electron chi connectivity index (χ0n) is 11.0. The average molecular weight is 238 g/mol. The Labute approximate surface area is 103 Å². The molecule has 0 aliphatic carbocycles. The topological polar surface area (TPSA) is 59.4 Å². The van der Waals surface area contributed by atoms with Gasteiger partial charge in [0, 0.05) is 46.2 Å². The summed E-state index contributed by atoms with van der Waals surface area (Å²) in [6.07, 6.45) is 0.554. The Morgan fingerprint density at radius 2 is 1.94 bits per heavy atom. The number of rotatable bonds is 4. The second kappa shape index (κ2) is 5.99. The van der Waals surface area contributed by atoms with Gasteiger partial charge in [-0.2, -0.15) is 5.26 Å². The number of piperazine rings is 1. The summed E-state index contributed by atoms with van der Waals surface area (Å²) in [5.74, 6) is 0.0878. The minimum atomic E-state index is -0.382. The highest BCUT2D eigenvalue weighted by atomic mass is 16.1. The number of hydrogen-bond donors (Lipinski definition) is 1. The van der Waals surface area contributed by atoms with Crippen molar-refractivity contribution in [3.05, 3.63) is 0 Å². The van der Waals surface area contributed by atoms with Gasteiger partial charge in [0.05, 0.1) is 6.07 Å². The van der Waals surface area contributed by atoms with Crippen molar-refractivity contribution in [2.24, 2.45) is 0 Å². The van der Waals surface area contributed by atoms with Crippen LogP contribution in [0.5, 0.6) is 0 Å². The van der Waals surface area contributed by atoms with E-state index in [0.717, 1.165) is 32.7 Å². The first-order valence-corrected chi connectivity index (χ1v) is 6.09. The quantitative estimate of drug-likeness (QED) is 0.751. The summed E-state index contributed by atoms with van der Waals surface area (Å²) in [5.41, 5.74) is -0.382. The van der Waals surface area contributed by atoms with Crippen molar-refractivity contribution in [2.75, 3.05) is 39.8 Å². The number of nitriles is 1. The summed E-state index contributed by atoms with van der Waals surface area (Å²) >= 11 is 0. The molecule has 1 amide bonds. The molecule has 0 saturated carbocycles. The minimum absolute atomic E-state index is 0.0878. The summed E-state index contributed by atoms with van der Waals surface area (Å²) in [6.45, 7) is 8.37. The first kappa shape index (κ1) is 13.9. The van der Waals surface area contributed by atoms with Crippen molar-refractivity contribution in [3.63, 3.8) is 0 Å². The molecule has 1 aliphatic rings. The monoisotopic (exact) mass is 238 g/mol. The fourth-order valence-corrected chi connectivity index (χ4v) is 1.99. The number of hydrogen-bond acceptors (Lipinski definition) is 4. The molecule has 0 bridgehead atoms. The smallest absolute Gasteiger partial charge is 0.221 e. The maximum Gasteiger partial charge on any atom is 0.221 e. The SMILES string of the molecule is CNC(=O)CCN1CCN(C(C)(C)C#N)CC1. The largest absolute Gasteiger partial charge is 0.359 e. The van der Waals surface area contributed by atoms with Crippen molar-refractivity contribution in [1.29, 1.82) is 5.26 Å². The molecule has 0 aromatic carbocycles. The van der Waals surface area contributed by atoms with Crippen LogP contribution >= 0.6 is 0 Å². The first-order valence-electron chi connectivity index (χ1n) is 6.09. The van der Waals surface area contributed by atoms with Gasteiger partial charge in [-0.25, -0.2) is 0 Å². The van der Waals surface area contributed by atoms with Crippen LogP contribution in [-0.2, 0) is 4.79 Å².